The lowest BCUT2D eigenvalue weighted by Gasteiger charge is -2.16. The number of carbonyl (C=O) groups is 1. The molecular formula is C20H23NO2S. The summed E-state index contributed by atoms with van der Waals surface area (Å²) in [4.78, 5) is 13.0. The molecule has 1 amide bonds. The van der Waals surface area contributed by atoms with Crippen molar-refractivity contribution in [1.29, 1.82) is 0 Å². The van der Waals surface area contributed by atoms with E-state index in [-0.39, 0.29) is 11.9 Å². The number of para-hydroxylation sites is 1. The highest BCUT2D eigenvalue weighted by atomic mass is 32.2. The molecule has 0 aliphatic heterocycles. The maximum absolute atomic E-state index is 11.9. The van der Waals surface area contributed by atoms with Crippen molar-refractivity contribution in [3.05, 3.63) is 71.1 Å². The standard InChI is InChI=1S/C20H23NO2S/c1-15-8-7-9-16(2)20(15)23-14-17(3)21-19(22)12-13-24-18-10-5-4-6-11-18/h4-13,17H,14H2,1-3H3,(H,21,22). The van der Waals surface area contributed by atoms with Crippen molar-refractivity contribution < 1.29 is 9.53 Å². The zero-order valence-electron chi connectivity index (χ0n) is 14.3. The first-order chi connectivity index (χ1) is 11.6. The first-order valence-electron chi connectivity index (χ1n) is 7.94. The highest BCUT2D eigenvalue weighted by Crippen LogP contribution is 2.22. The van der Waals surface area contributed by atoms with Crippen molar-refractivity contribution >= 4 is 17.7 Å². The molecule has 2 aromatic rings. The van der Waals surface area contributed by atoms with E-state index in [0.29, 0.717) is 6.61 Å². The number of hydrogen-bond donors (Lipinski definition) is 1. The Balaban J connectivity index is 1.77. The van der Waals surface area contributed by atoms with Gasteiger partial charge in [-0.05, 0) is 49.4 Å². The van der Waals surface area contributed by atoms with Crippen LogP contribution in [-0.4, -0.2) is 18.6 Å². The van der Waals surface area contributed by atoms with Gasteiger partial charge in [0.2, 0.25) is 5.91 Å². The van der Waals surface area contributed by atoms with Crippen LogP contribution in [-0.2, 0) is 4.79 Å². The maximum atomic E-state index is 11.9. The van der Waals surface area contributed by atoms with E-state index >= 15 is 0 Å². The molecule has 126 valence electrons. The number of ether oxygens (including phenoxy) is 1. The second-order valence-electron chi connectivity index (χ2n) is 5.68. The van der Waals surface area contributed by atoms with Crippen LogP contribution in [0.15, 0.2) is 64.9 Å². The Morgan fingerprint density at radius 1 is 1.12 bits per heavy atom. The molecule has 1 atom stereocenters. The van der Waals surface area contributed by atoms with Crippen LogP contribution in [0.2, 0.25) is 0 Å². The minimum Gasteiger partial charge on any atom is -0.491 e. The van der Waals surface area contributed by atoms with E-state index in [2.05, 4.69) is 5.32 Å². The summed E-state index contributed by atoms with van der Waals surface area (Å²) in [5.41, 5.74) is 2.21. The molecule has 0 aromatic heterocycles. The molecule has 0 saturated heterocycles. The minimum absolute atomic E-state index is 0.0668. The zero-order valence-corrected chi connectivity index (χ0v) is 15.1. The number of thioether (sulfide) groups is 1. The molecule has 0 aliphatic carbocycles. The van der Waals surface area contributed by atoms with E-state index in [1.54, 1.807) is 11.5 Å². The van der Waals surface area contributed by atoms with Gasteiger partial charge in [0.05, 0.1) is 6.04 Å². The van der Waals surface area contributed by atoms with Gasteiger partial charge in [-0.2, -0.15) is 0 Å². The van der Waals surface area contributed by atoms with Crippen LogP contribution in [0.25, 0.3) is 0 Å². The fraction of sp³-hybridized carbons (Fsp3) is 0.250. The quantitative estimate of drug-likeness (QED) is 0.595. The second kappa shape index (κ2) is 9.18. The first-order valence-corrected chi connectivity index (χ1v) is 8.82. The van der Waals surface area contributed by atoms with Crippen molar-refractivity contribution in [3.8, 4) is 5.75 Å². The molecule has 0 heterocycles. The average molecular weight is 341 g/mol. The summed E-state index contributed by atoms with van der Waals surface area (Å²) in [5.74, 6) is 0.782. The zero-order chi connectivity index (χ0) is 17.4. The Morgan fingerprint density at radius 2 is 1.79 bits per heavy atom. The molecule has 4 heteroatoms. The summed E-state index contributed by atoms with van der Waals surface area (Å²) in [6.07, 6.45) is 1.55. The number of carbonyl (C=O) groups excluding carboxylic acids is 1. The Morgan fingerprint density at radius 3 is 2.46 bits per heavy atom. The molecule has 3 nitrogen and oxygen atoms in total. The predicted octanol–water partition coefficient (Wildman–Crippen LogP) is 4.49. The minimum atomic E-state index is -0.115. The van der Waals surface area contributed by atoms with E-state index in [0.717, 1.165) is 21.8 Å². The lowest BCUT2D eigenvalue weighted by molar-refractivity contribution is -0.117. The van der Waals surface area contributed by atoms with E-state index in [1.807, 2.05) is 69.3 Å². The van der Waals surface area contributed by atoms with Gasteiger partial charge >= 0.3 is 0 Å². The fourth-order valence-corrected chi connectivity index (χ4v) is 2.90. The predicted molar refractivity (Wildman–Crippen MR) is 100 cm³/mol. The number of aryl methyl sites for hydroxylation is 2. The Hall–Kier alpha value is -2.20. The summed E-state index contributed by atoms with van der Waals surface area (Å²) in [6.45, 7) is 6.42. The van der Waals surface area contributed by atoms with Crippen molar-refractivity contribution in [2.24, 2.45) is 0 Å². The smallest absolute Gasteiger partial charge is 0.244 e. The number of rotatable bonds is 7. The van der Waals surface area contributed by atoms with Crippen LogP contribution >= 0.6 is 11.8 Å². The van der Waals surface area contributed by atoms with Crippen molar-refractivity contribution in [1.82, 2.24) is 5.32 Å². The van der Waals surface area contributed by atoms with E-state index < -0.39 is 0 Å². The largest absolute Gasteiger partial charge is 0.491 e. The summed E-state index contributed by atoms with van der Waals surface area (Å²) in [5, 5.41) is 4.71. The molecule has 0 radical (unpaired) electrons. The number of nitrogens with one attached hydrogen (secondary N) is 1. The molecule has 0 bridgehead atoms. The fourth-order valence-electron chi connectivity index (χ4n) is 2.24. The monoisotopic (exact) mass is 341 g/mol. The summed E-state index contributed by atoms with van der Waals surface area (Å²) < 4.78 is 5.86. The van der Waals surface area contributed by atoms with Crippen molar-refractivity contribution in [3.63, 3.8) is 0 Å². The third kappa shape index (κ3) is 5.78. The molecular weight excluding hydrogens is 318 g/mol. The summed E-state index contributed by atoms with van der Waals surface area (Å²) >= 11 is 1.52. The third-order valence-corrected chi connectivity index (χ3v) is 4.26. The van der Waals surface area contributed by atoms with Gasteiger partial charge < -0.3 is 10.1 Å². The van der Waals surface area contributed by atoms with Gasteiger partial charge in [-0.1, -0.05) is 48.2 Å². The van der Waals surface area contributed by atoms with Gasteiger partial charge in [-0.15, -0.1) is 0 Å². The first kappa shape index (κ1) is 18.1. The van der Waals surface area contributed by atoms with Gasteiger partial charge in [0, 0.05) is 11.0 Å². The number of benzene rings is 2. The number of amides is 1. The SMILES string of the molecule is Cc1cccc(C)c1OCC(C)NC(=O)C=CSc1ccccc1. The van der Waals surface area contributed by atoms with Gasteiger partial charge in [0.15, 0.2) is 0 Å². The molecule has 0 fully saturated rings. The summed E-state index contributed by atoms with van der Waals surface area (Å²) in [7, 11) is 0. The molecule has 0 spiro atoms. The van der Waals surface area contributed by atoms with Gasteiger partial charge in [-0.3, -0.25) is 4.79 Å². The Bertz CT molecular complexity index is 678. The lowest BCUT2D eigenvalue weighted by Crippen LogP contribution is -2.35. The maximum Gasteiger partial charge on any atom is 0.244 e. The molecule has 1 N–H and O–H groups in total. The van der Waals surface area contributed by atoms with E-state index in [1.165, 1.54) is 11.8 Å². The van der Waals surface area contributed by atoms with Gasteiger partial charge in [-0.25, -0.2) is 0 Å². The highest BCUT2D eigenvalue weighted by molar-refractivity contribution is 8.02. The normalized spacial score (nSPS) is 12.1. The molecule has 2 rings (SSSR count). The van der Waals surface area contributed by atoms with Crippen LogP contribution in [0.3, 0.4) is 0 Å². The molecule has 0 saturated carbocycles. The number of hydrogen-bond acceptors (Lipinski definition) is 3. The average Bonchev–Trinajstić information content (AvgIpc) is 2.55. The van der Waals surface area contributed by atoms with Crippen molar-refractivity contribution in [2.45, 2.75) is 31.7 Å². The Labute approximate surface area is 148 Å². The van der Waals surface area contributed by atoms with Gasteiger partial charge in [0.1, 0.15) is 12.4 Å². The third-order valence-electron chi connectivity index (χ3n) is 3.44. The van der Waals surface area contributed by atoms with Crippen molar-refractivity contribution in [2.75, 3.05) is 6.61 Å². The highest BCUT2D eigenvalue weighted by Gasteiger charge is 2.08. The van der Waals surface area contributed by atoms with E-state index in [9.17, 15) is 4.79 Å². The second-order valence-corrected chi connectivity index (χ2v) is 6.65. The topological polar surface area (TPSA) is 38.3 Å². The van der Waals surface area contributed by atoms with Crippen LogP contribution in [0.1, 0.15) is 18.1 Å². The van der Waals surface area contributed by atoms with Crippen LogP contribution in [0.5, 0.6) is 5.75 Å². The Kier molecular flexibility index (Phi) is 6.94. The van der Waals surface area contributed by atoms with Crippen LogP contribution < -0.4 is 10.1 Å². The van der Waals surface area contributed by atoms with Crippen LogP contribution in [0, 0.1) is 13.8 Å². The molecule has 0 aliphatic rings. The van der Waals surface area contributed by atoms with Crippen LogP contribution in [0.4, 0.5) is 0 Å². The summed E-state index contributed by atoms with van der Waals surface area (Å²) in [6, 6.07) is 15.9. The van der Waals surface area contributed by atoms with Gasteiger partial charge in [0.25, 0.3) is 0 Å². The lowest BCUT2D eigenvalue weighted by atomic mass is 10.1. The molecule has 1 unspecified atom stereocenters. The molecule has 2 aromatic carbocycles. The molecule has 24 heavy (non-hydrogen) atoms. The van der Waals surface area contributed by atoms with E-state index in [4.69, 9.17) is 4.74 Å².